The molecule has 5 nitrogen and oxygen atoms in total. The van der Waals surface area contributed by atoms with Crippen LogP contribution in [0.3, 0.4) is 0 Å². The summed E-state index contributed by atoms with van der Waals surface area (Å²) in [4.78, 5) is 8.70. The van der Waals surface area contributed by atoms with Crippen molar-refractivity contribution in [1.29, 1.82) is 0 Å². The molecule has 2 heterocycles. The van der Waals surface area contributed by atoms with Crippen LogP contribution in [0.15, 0.2) is 6.20 Å². The third-order valence-corrected chi connectivity index (χ3v) is 3.51. The zero-order valence-corrected chi connectivity index (χ0v) is 12.2. The van der Waals surface area contributed by atoms with Crippen LogP contribution in [0.25, 0.3) is 5.69 Å². The van der Waals surface area contributed by atoms with Gasteiger partial charge in [0.1, 0.15) is 11.5 Å². The van der Waals surface area contributed by atoms with Gasteiger partial charge in [-0.15, -0.1) is 0 Å². The lowest BCUT2D eigenvalue weighted by atomic mass is 10.2. The Morgan fingerprint density at radius 2 is 2.05 bits per heavy atom. The number of hydrogen-bond acceptors (Lipinski definition) is 4. The van der Waals surface area contributed by atoms with Crippen LogP contribution in [-0.2, 0) is 6.61 Å². The van der Waals surface area contributed by atoms with E-state index in [1.165, 1.54) is 0 Å². The van der Waals surface area contributed by atoms with E-state index in [1.54, 1.807) is 10.9 Å². The highest BCUT2D eigenvalue weighted by molar-refractivity contribution is 6.31. The first-order valence-electron chi connectivity index (χ1n) is 6.14. The standard InChI is InChI=1S/C13H17ClN4O/c1-7(2)13-15-5-11(10(6-19)16-13)18-9(4)12(14)8(3)17-18/h5,7,19H,6H2,1-4H3. The number of hydrogen-bond donors (Lipinski definition) is 1. The molecule has 0 saturated carbocycles. The summed E-state index contributed by atoms with van der Waals surface area (Å²) in [6.45, 7) is 7.58. The Kier molecular flexibility index (Phi) is 3.87. The van der Waals surface area contributed by atoms with E-state index in [4.69, 9.17) is 11.6 Å². The lowest BCUT2D eigenvalue weighted by Crippen LogP contribution is -2.10. The Morgan fingerprint density at radius 3 is 2.53 bits per heavy atom. The summed E-state index contributed by atoms with van der Waals surface area (Å²) in [6.07, 6.45) is 1.68. The summed E-state index contributed by atoms with van der Waals surface area (Å²) in [5.74, 6) is 0.920. The minimum absolute atomic E-state index is 0.159. The molecule has 0 unspecified atom stereocenters. The molecule has 19 heavy (non-hydrogen) atoms. The Bertz CT molecular complexity index is 607. The normalized spacial score (nSPS) is 11.3. The number of aliphatic hydroxyl groups excluding tert-OH is 1. The average molecular weight is 281 g/mol. The van der Waals surface area contributed by atoms with Gasteiger partial charge in [0, 0.05) is 5.92 Å². The fourth-order valence-electron chi connectivity index (χ4n) is 1.86. The fraction of sp³-hybridized carbons (Fsp3) is 0.462. The zero-order chi connectivity index (χ0) is 14.2. The third kappa shape index (κ3) is 2.48. The van der Waals surface area contributed by atoms with Gasteiger partial charge in [-0.05, 0) is 13.8 Å². The van der Waals surface area contributed by atoms with Gasteiger partial charge in [-0.2, -0.15) is 5.10 Å². The van der Waals surface area contributed by atoms with Gasteiger partial charge in [0.25, 0.3) is 0 Å². The topological polar surface area (TPSA) is 63.8 Å². The third-order valence-electron chi connectivity index (χ3n) is 2.96. The first-order chi connectivity index (χ1) is 8.95. The first-order valence-corrected chi connectivity index (χ1v) is 6.52. The molecule has 0 aromatic carbocycles. The SMILES string of the molecule is Cc1nn(-c2cnc(C(C)C)nc2CO)c(C)c1Cl. The Hall–Kier alpha value is -1.46. The molecule has 102 valence electrons. The molecule has 0 aliphatic carbocycles. The van der Waals surface area contributed by atoms with Gasteiger partial charge in [0.05, 0.1) is 34.9 Å². The maximum absolute atomic E-state index is 9.49. The minimum atomic E-state index is -0.159. The van der Waals surface area contributed by atoms with E-state index in [9.17, 15) is 5.11 Å². The highest BCUT2D eigenvalue weighted by Gasteiger charge is 2.16. The smallest absolute Gasteiger partial charge is 0.131 e. The van der Waals surface area contributed by atoms with Crippen LogP contribution in [0, 0.1) is 13.8 Å². The largest absolute Gasteiger partial charge is 0.390 e. The van der Waals surface area contributed by atoms with Crippen molar-refractivity contribution in [3.8, 4) is 5.69 Å². The van der Waals surface area contributed by atoms with Gasteiger partial charge >= 0.3 is 0 Å². The summed E-state index contributed by atoms with van der Waals surface area (Å²) in [5.41, 5.74) is 2.78. The van der Waals surface area contributed by atoms with Crippen LogP contribution in [0.4, 0.5) is 0 Å². The van der Waals surface area contributed by atoms with E-state index in [-0.39, 0.29) is 12.5 Å². The maximum atomic E-state index is 9.49. The molecule has 0 atom stereocenters. The molecule has 0 spiro atoms. The van der Waals surface area contributed by atoms with Crippen LogP contribution >= 0.6 is 11.6 Å². The molecule has 2 aromatic rings. The van der Waals surface area contributed by atoms with Crippen molar-refractivity contribution in [2.24, 2.45) is 0 Å². The van der Waals surface area contributed by atoms with E-state index in [0.29, 0.717) is 22.2 Å². The molecule has 0 saturated heterocycles. The minimum Gasteiger partial charge on any atom is -0.390 e. The van der Waals surface area contributed by atoms with Crippen LogP contribution in [0.1, 0.15) is 42.7 Å². The molecular formula is C13H17ClN4O. The summed E-state index contributed by atoms with van der Waals surface area (Å²) in [6, 6.07) is 0. The molecular weight excluding hydrogens is 264 g/mol. The van der Waals surface area contributed by atoms with Gasteiger partial charge < -0.3 is 5.11 Å². The fourth-order valence-corrected chi connectivity index (χ4v) is 1.97. The number of halogens is 1. The highest BCUT2D eigenvalue weighted by Crippen LogP contribution is 2.24. The zero-order valence-electron chi connectivity index (χ0n) is 11.5. The molecule has 0 amide bonds. The molecule has 2 aromatic heterocycles. The second-order valence-electron chi connectivity index (χ2n) is 4.77. The number of aromatic nitrogens is 4. The van der Waals surface area contributed by atoms with Gasteiger partial charge in [-0.3, -0.25) is 0 Å². The van der Waals surface area contributed by atoms with Crippen LogP contribution in [0.2, 0.25) is 5.02 Å². The predicted molar refractivity (Wildman–Crippen MR) is 73.6 cm³/mol. The quantitative estimate of drug-likeness (QED) is 0.938. The molecule has 6 heteroatoms. The van der Waals surface area contributed by atoms with Crippen LogP contribution in [-0.4, -0.2) is 24.9 Å². The van der Waals surface area contributed by atoms with Gasteiger partial charge in [0.15, 0.2) is 0 Å². The van der Waals surface area contributed by atoms with Crippen molar-refractivity contribution in [1.82, 2.24) is 19.7 Å². The molecule has 1 N–H and O–H groups in total. The van der Waals surface area contributed by atoms with E-state index in [1.807, 2.05) is 27.7 Å². The monoisotopic (exact) mass is 280 g/mol. The number of aliphatic hydroxyl groups is 1. The van der Waals surface area contributed by atoms with E-state index < -0.39 is 0 Å². The number of rotatable bonds is 3. The lowest BCUT2D eigenvalue weighted by Gasteiger charge is -2.11. The predicted octanol–water partition coefficient (Wildman–Crippen LogP) is 2.55. The summed E-state index contributed by atoms with van der Waals surface area (Å²) in [5, 5.41) is 14.5. The average Bonchev–Trinajstić information content (AvgIpc) is 2.65. The maximum Gasteiger partial charge on any atom is 0.131 e. The Balaban J connectivity index is 2.58. The van der Waals surface area contributed by atoms with Gasteiger partial charge in [-0.25, -0.2) is 14.6 Å². The Labute approximate surface area is 117 Å². The van der Waals surface area contributed by atoms with Gasteiger partial charge in [-0.1, -0.05) is 25.4 Å². The molecule has 0 bridgehead atoms. The van der Waals surface area contributed by atoms with Gasteiger partial charge in [0.2, 0.25) is 0 Å². The Morgan fingerprint density at radius 1 is 1.37 bits per heavy atom. The molecule has 2 rings (SSSR count). The van der Waals surface area contributed by atoms with Crippen molar-refractivity contribution in [2.45, 2.75) is 40.2 Å². The second kappa shape index (κ2) is 5.27. The number of nitrogens with zero attached hydrogens (tertiary/aromatic N) is 4. The lowest BCUT2D eigenvalue weighted by molar-refractivity contribution is 0.275. The molecule has 0 aliphatic rings. The summed E-state index contributed by atoms with van der Waals surface area (Å²) < 4.78 is 1.67. The van der Waals surface area contributed by atoms with Crippen molar-refractivity contribution in [3.05, 3.63) is 34.1 Å². The summed E-state index contributed by atoms with van der Waals surface area (Å²) >= 11 is 6.14. The second-order valence-corrected chi connectivity index (χ2v) is 5.15. The number of aryl methyl sites for hydroxylation is 1. The molecule has 0 aliphatic heterocycles. The van der Waals surface area contributed by atoms with Crippen molar-refractivity contribution >= 4 is 11.6 Å². The van der Waals surface area contributed by atoms with Crippen molar-refractivity contribution in [3.63, 3.8) is 0 Å². The molecule has 0 fully saturated rings. The van der Waals surface area contributed by atoms with Crippen molar-refractivity contribution in [2.75, 3.05) is 0 Å². The van der Waals surface area contributed by atoms with Crippen molar-refractivity contribution < 1.29 is 5.11 Å². The summed E-state index contributed by atoms with van der Waals surface area (Å²) in [7, 11) is 0. The van der Waals surface area contributed by atoms with Crippen LogP contribution in [0.5, 0.6) is 0 Å². The van der Waals surface area contributed by atoms with E-state index in [2.05, 4.69) is 15.1 Å². The van der Waals surface area contributed by atoms with E-state index in [0.717, 1.165) is 11.4 Å². The first kappa shape index (κ1) is 14.0. The molecule has 0 radical (unpaired) electrons. The highest BCUT2D eigenvalue weighted by atomic mass is 35.5. The van der Waals surface area contributed by atoms with Crippen LogP contribution < -0.4 is 0 Å². The van der Waals surface area contributed by atoms with E-state index >= 15 is 0 Å².